The van der Waals surface area contributed by atoms with Gasteiger partial charge in [0.05, 0.1) is 4.90 Å². The largest absolute Gasteiger partial charge is 0.419 e. The van der Waals surface area contributed by atoms with E-state index in [2.05, 4.69) is 4.98 Å². The van der Waals surface area contributed by atoms with Crippen LogP contribution in [0.25, 0.3) is 11.5 Å². The zero-order valence-corrected chi connectivity index (χ0v) is 19.3. The Morgan fingerprint density at radius 3 is 2.33 bits per heavy atom. The third kappa shape index (κ3) is 4.87. The third-order valence-electron chi connectivity index (χ3n) is 5.24. The highest BCUT2D eigenvalue weighted by molar-refractivity contribution is 7.91. The lowest BCUT2D eigenvalue weighted by atomic mass is 10.2. The highest BCUT2D eigenvalue weighted by Gasteiger charge is 2.33. The molecule has 0 bridgehead atoms. The van der Waals surface area contributed by atoms with Crippen molar-refractivity contribution in [1.82, 2.24) is 9.88 Å². The molecule has 0 N–H and O–H groups in total. The molecule has 0 spiro atoms. The Morgan fingerprint density at radius 1 is 1.09 bits per heavy atom. The quantitative estimate of drug-likeness (QED) is 0.486. The molecule has 1 fully saturated rings. The lowest BCUT2D eigenvalue weighted by Crippen LogP contribution is -2.49. The number of methoxy groups -OCH3 is 1. The Bertz CT molecular complexity index is 1240. The molecule has 1 aliphatic heterocycles. The van der Waals surface area contributed by atoms with Crippen molar-refractivity contribution in [2.45, 2.75) is 9.92 Å². The number of aromatic nitrogens is 1. The van der Waals surface area contributed by atoms with Crippen LogP contribution in [-0.4, -0.2) is 64.1 Å². The van der Waals surface area contributed by atoms with Crippen molar-refractivity contribution < 1.29 is 26.8 Å². The number of rotatable bonds is 6. The zero-order chi connectivity index (χ0) is 23.6. The van der Waals surface area contributed by atoms with Crippen LogP contribution in [0.1, 0.15) is 0 Å². The first kappa shape index (κ1) is 23.2. The first-order chi connectivity index (χ1) is 15.8. The molecular weight excluding hydrogens is 473 g/mol. The summed E-state index contributed by atoms with van der Waals surface area (Å²) < 4.78 is 51.0. The summed E-state index contributed by atoms with van der Waals surface area (Å²) in [5, 5.41) is 0.247. The molecule has 1 aliphatic rings. The Hall–Kier alpha value is -2.95. The summed E-state index contributed by atoms with van der Waals surface area (Å²) in [6.45, 7) is 1.41. The number of nitrogens with zero attached hydrogens (tertiary/aromatic N) is 3. The van der Waals surface area contributed by atoms with Crippen molar-refractivity contribution in [2.24, 2.45) is 0 Å². The number of ether oxygens (including phenoxy) is 1. The molecule has 0 aliphatic carbocycles. The second-order valence-corrected chi connectivity index (χ2v) is 9.70. The molecular formula is C22H21ClFN3O5S. The van der Waals surface area contributed by atoms with Gasteiger partial charge in [0.15, 0.2) is 0 Å². The first-order valence-corrected chi connectivity index (χ1v) is 11.9. The van der Waals surface area contributed by atoms with E-state index in [1.807, 2.05) is 0 Å². The summed E-state index contributed by atoms with van der Waals surface area (Å²) in [5.41, 5.74) is 0.551. The van der Waals surface area contributed by atoms with E-state index in [-0.39, 0.29) is 34.2 Å². The topological polar surface area (TPSA) is 92.9 Å². The van der Waals surface area contributed by atoms with E-state index in [1.54, 1.807) is 34.1 Å². The van der Waals surface area contributed by atoms with E-state index >= 15 is 0 Å². The van der Waals surface area contributed by atoms with Gasteiger partial charge in [-0.1, -0.05) is 11.6 Å². The molecule has 1 amide bonds. The molecule has 0 atom stereocenters. The predicted molar refractivity (Wildman–Crippen MR) is 119 cm³/mol. The van der Waals surface area contributed by atoms with Crippen LogP contribution < -0.4 is 4.90 Å². The molecule has 33 heavy (non-hydrogen) atoms. The Labute approximate surface area is 195 Å². The number of anilines is 1. The standard InChI is InChI=1S/C22H21ClFN3O5S/c1-31-14-19(28)26-10-12-27(13-11-26)22-21(33(29,30)18-8-6-17(24)7-9-18)25-20(32-22)15-2-4-16(23)5-3-15/h2-9H,10-14H2,1H3. The molecule has 2 heterocycles. The van der Waals surface area contributed by atoms with E-state index in [1.165, 1.54) is 19.2 Å². The van der Waals surface area contributed by atoms with E-state index < -0.39 is 15.7 Å². The number of hydrogen-bond donors (Lipinski definition) is 0. The highest BCUT2D eigenvalue weighted by Crippen LogP contribution is 2.35. The molecule has 0 unspecified atom stereocenters. The second kappa shape index (κ2) is 9.50. The van der Waals surface area contributed by atoms with Gasteiger partial charge in [0.25, 0.3) is 0 Å². The SMILES string of the molecule is COCC(=O)N1CCN(c2oc(-c3ccc(Cl)cc3)nc2S(=O)(=O)c2ccc(F)cc2)CC1. The van der Waals surface area contributed by atoms with Crippen molar-refractivity contribution in [2.75, 3.05) is 44.8 Å². The van der Waals surface area contributed by atoms with Gasteiger partial charge >= 0.3 is 0 Å². The van der Waals surface area contributed by atoms with E-state index in [0.717, 1.165) is 12.1 Å². The van der Waals surface area contributed by atoms with Gasteiger partial charge in [-0.2, -0.15) is 4.98 Å². The maximum absolute atomic E-state index is 13.4. The number of carbonyl (C=O) groups is 1. The van der Waals surface area contributed by atoms with Gasteiger partial charge in [-0.25, -0.2) is 12.8 Å². The number of oxazole rings is 1. The van der Waals surface area contributed by atoms with Crippen LogP contribution in [-0.2, 0) is 19.4 Å². The number of piperazine rings is 1. The van der Waals surface area contributed by atoms with Crippen LogP contribution in [0.3, 0.4) is 0 Å². The van der Waals surface area contributed by atoms with Gasteiger partial charge in [0, 0.05) is 43.9 Å². The molecule has 2 aromatic carbocycles. The fraction of sp³-hybridized carbons (Fsp3) is 0.273. The second-order valence-electron chi connectivity index (χ2n) is 7.39. The van der Waals surface area contributed by atoms with Crippen LogP contribution in [0.15, 0.2) is 62.9 Å². The minimum absolute atomic E-state index is 0.0206. The Morgan fingerprint density at radius 2 is 1.73 bits per heavy atom. The third-order valence-corrected chi connectivity index (χ3v) is 7.16. The summed E-state index contributed by atoms with van der Waals surface area (Å²) in [6.07, 6.45) is 0. The molecule has 0 radical (unpaired) electrons. The van der Waals surface area contributed by atoms with Crippen molar-refractivity contribution in [3.05, 3.63) is 59.4 Å². The number of amides is 1. The lowest BCUT2D eigenvalue weighted by molar-refractivity contribution is -0.135. The summed E-state index contributed by atoms with van der Waals surface area (Å²) in [4.78, 5) is 19.7. The van der Waals surface area contributed by atoms with Crippen molar-refractivity contribution in [3.8, 4) is 11.5 Å². The minimum Gasteiger partial charge on any atom is -0.419 e. The van der Waals surface area contributed by atoms with Crippen LogP contribution in [0.2, 0.25) is 5.02 Å². The summed E-state index contributed by atoms with van der Waals surface area (Å²) in [7, 11) is -2.66. The van der Waals surface area contributed by atoms with Crippen LogP contribution in [0.5, 0.6) is 0 Å². The number of benzene rings is 2. The van der Waals surface area contributed by atoms with E-state index in [0.29, 0.717) is 36.8 Å². The van der Waals surface area contributed by atoms with Crippen molar-refractivity contribution in [3.63, 3.8) is 0 Å². The number of sulfone groups is 1. The lowest BCUT2D eigenvalue weighted by Gasteiger charge is -2.34. The van der Waals surface area contributed by atoms with Crippen molar-refractivity contribution in [1.29, 1.82) is 0 Å². The zero-order valence-electron chi connectivity index (χ0n) is 17.7. The van der Waals surface area contributed by atoms with Crippen LogP contribution >= 0.6 is 11.6 Å². The summed E-state index contributed by atoms with van der Waals surface area (Å²) in [5.74, 6) is -0.507. The smallest absolute Gasteiger partial charge is 0.248 e. The number of halogens is 2. The average Bonchev–Trinajstić information content (AvgIpc) is 3.26. The molecule has 174 valence electrons. The van der Waals surface area contributed by atoms with Crippen LogP contribution in [0.4, 0.5) is 10.3 Å². The monoisotopic (exact) mass is 493 g/mol. The maximum atomic E-state index is 13.4. The molecule has 8 nitrogen and oxygen atoms in total. The van der Waals surface area contributed by atoms with Crippen molar-refractivity contribution >= 4 is 33.2 Å². The van der Waals surface area contributed by atoms with Gasteiger partial charge in [-0.15, -0.1) is 0 Å². The maximum Gasteiger partial charge on any atom is 0.248 e. The highest BCUT2D eigenvalue weighted by atomic mass is 35.5. The van der Waals surface area contributed by atoms with E-state index in [4.69, 9.17) is 20.8 Å². The number of hydrogen-bond acceptors (Lipinski definition) is 7. The summed E-state index contributed by atoms with van der Waals surface area (Å²) >= 11 is 5.96. The van der Waals surface area contributed by atoms with Gasteiger partial charge in [-0.3, -0.25) is 4.79 Å². The molecule has 1 saturated heterocycles. The van der Waals surface area contributed by atoms with Gasteiger partial charge in [0.2, 0.25) is 32.5 Å². The average molecular weight is 494 g/mol. The molecule has 3 aromatic rings. The molecule has 0 saturated carbocycles. The Balaban J connectivity index is 1.72. The fourth-order valence-electron chi connectivity index (χ4n) is 3.49. The Kier molecular flexibility index (Phi) is 6.68. The minimum atomic E-state index is -4.11. The van der Waals surface area contributed by atoms with Gasteiger partial charge in [0.1, 0.15) is 12.4 Å². The van der Waals surface area contributed by atoms with Gasteiger partial charge in [-0.05, 0) is 48.5 Å². The summed E-state index contributed by atoms with van der Waals surface area (Å²) in [6, 6.07) is 11.2. The first-order valence-electron chi connectivity index (χ1n) is 10.1. The fourth-order valence-corrected chi connectivity index (χ4v) is 4.94. The van der Waals surface area contributed by atoms with E-state index in [9.17, 15) is 17.6 Å². The predicted octanol–water partition coefficient (Wildman–Crippen LogP) is 3.26. The number of carbonyl (C=O) groups excluding carboxylic acids is 1. The normalized spacial score (nSPS) is 14.5. The molecule has 4 rings (SSSR count). The molecule has 11 heteroatoms. The molecule has 1 aromatic heterocycles. The van der Waals surface area contributed by atoms with Crippen LogP contribution in [0, 0.1) is 5.82 Å². The van der Waals surface area contributed by atoms with Gasteiger partial charge < -0.3 is 19.0 Å².